The first-order valence-corrected chi connectivity index (χ1v) is 5.74. The lowest BCUT2D eigenvalue weighted by atomic mass is 9.89. The van der Waals surface area contributed by atoms with Gasteiger partial charge in [0.15, 0.2) is 0 Å². The van der Waals surface area contributed by atoms with Crippen LogP contribution in [-0.2, 0) is 4.79 Å². The van der Waals surface area contributed by atoms with Crippen LogP contribution < -0.4 is 5.32 Å². The number of rotatable bonds is 2. The molecule has 3 nitrogen and oxygen atoms in total. The minimum Gasteiger partial charge on any atom is -0.481 e. The second-order valence-corrected chi connectivity index (χ2v) is 4.64. The van der Waals surface area contributed by atoms with Crippen molar-refractivity contribution >= 4 is 29.2 Å². The van der Waals surface area contributed by atoms with Gasteiger partial charge < -0.3 is 10.4 Å². The molecule has 2 N–H and O–H groups in total. The fraction of sp³-hybridized carbons (Fsp3) is 0.364. The number of hydrogen-bond acceptors (Lipinski definition) is 2. The molecule has 2 rings (SSSR count). The van der Waals surface area contributed by atoms with Gasteiger partial charge in [0.05, 0.1) is 16.0 Å². The first-order chi connectivity index (χ1) is 7.61. The van der Waals surface area contributed by atoms with Crippen molar-refractivity contribution < 1.29 is 9.90 Å². The minimum atomic E-state index is -0.800. The highest BCUT2D eigenvalue weighted by molar-refractivity contribution is 6.42. The molecule has 0 unspecified atom stereocenters. The maximum Gasteiger partial charge on any atom is 0.308 e. The highest BCUT2D eigenvalue weighted by atomic mass is 35.5. The molecule has 0 saturated carbocycles. The minimum absolute atomic E-state index is 0.108. The van der Waals surface area contributed by atoms with Crippen LogP contribution in [0.15, 0.2) is 18.2 Å². The molecule has 1 saturated heterocycles. The maximum absolute atomic E-state index is 11.1. The van der Waals surface area contributed by atoms with Crippen LogP contribution in [0.3, 0.4) is 0 Å². The second kappa shape index (κ2) is 4.62. The summed E-state index contributed by atoms with van der Waals surface area (Å²) >= 11 is 12.0. The van der Waals surface area contributed by atoms with Crippen LogP contribution in [0.4, 0.5) is 0 Å². The van der Waals surface area contributed by atoms with E-state index in [2.05, 4.69) is 5.32 Å². The Hall–Kier alpha value is -0.770. The van der Waals surface area contributed by atoms with Crippen LogP contribution in [0.2, 0.25) is 10.0 Å². The fourth-order valence-corrected chi connectivity index (χ4v) is 2.52. The lowest BCUT2D eigenvalue weighted by Gasteiger charge is -2.16. The lowest BCUT2D eigenvalue weighted by molar-refractivity contribution is -0.141. The number of nitrogens with one attached hydrogen (secondary N) is 1. The molecule has 1 heterocycles. The van der Waals surface area contributed by atoms with Gasteiger partial charge in [0.1, 0.15) is 0 Å². The van der Waals surface area contributed by atoms with E-state index >= 15 is 0 Å². The second-order valence-electron chi connectivity index (χ2n) is 3.85. The third kappa shape index (κ3) is 2.03. The molecule has 0 aliphatic carbocycles. The molecule has 0 amide bonds. The molecule has 0 radical (unpaired) electrons. The summed E-state index contributed by atoms with van der Waals surface area (Å²) < 4.78 is 0. The van der Waals surface area contributed by atoms with Gasteiger partial charge in [-0.05, 0) is 11.6 Å². The number of hydrogen-bond donors (Lipinski definition) is 2. The zero-order valence-corrected chi connectivity index (χ0v) is 9.92. The molecular formula is C11H11Cl2NO2. The smallest absolute Gasteiger partial charge is 0.308 e. The van der Waals surface area contributed by atoms with E-state index in [0.29, 0.717) is 23.1 Å². The first kappa shape index (κ1) is 11.7. The number of carboxylic acids is 1. The van der Waals surface area contributed by atoms with Gasteiger partial charge in [0.25, 0.3) is 0 Å². The van der Waals surface area contributed by atoms with Crippen LogP contribution in [0.1, 0.15) is 11.5 Å². The van der Waals surface area contributed by atoms with Gasteiger partial charge in [0.2, 0.25) is 0 Å². The van der Waals surface area contributed by atoms with Crippen LogP contribution in [0.5, 0.6) is 0 Å². The summed E-state index contributed by atoms with van der Waals surface area (Å²) in [4.78, 5) is 11.1. The van der Waals surface area contributed by atoms with Crippen molar-refractivity contribution in [3.8, 4) is 0 Å². The standard InChI is InChI=1S/C11H11Cl2NO2/c12-9-3-1-2-6(10(9)13)7-4-14-5-8(7)11(15)16/h1-3,7-8,14H,4-5H2,(H,15,16)/t7-,8+/m0/s1. The van der Waals surface area contributed by atoms with Crippen molar-refractivity contribution in [3.63, 3.8) is 0 Å². The van der Waals surface area contributed by atoms with Crippen molar-refractivity contribution in [1.82, 2.24) is 5.32 Å². The van der Waals surface area contributed by atoms with E-state index in [1.54, 1.807) is 12.1 Å². The number of aliphatic carboxylic acids is 1. The molecule has 1 aromatic rings. The summed E-state index contributed by atoms with van der Waals surface area (Å²) in [6, 6.07) is 5.33. The zero-order valence-electron chi connectivity index (χ0n) is 8.41. The molecule has 1 aromatic carbocycles. The Morgan fingerprint density at radius 3 is 2.81 bits per heavy atom. The number of halogens is 2. The van der Waals surface area contributed by atoms with Crippen molar-refractivity contribution in [2.45, 2.75) is 5.92 Å². The van der Waals surface area contributed by atoms with Crippen molar-refractivity contribution in [2.75, 3.05) is 13.1 Å². The molecule has 2 atom stereocenters. The van der Waals surface area contributed by atoms with Crippen LogP contribution >= 0.6 is 23.2 Å². The van der Waals surface area contributed by atoms with Crippen molar-refractivity contribution in [2.24, 2.45) is 5.92 Å². The molecule has 1 fully saturated rings. The number of carbonyl (C=O) groups is 1. The highest BCUT2D eigenvalue weighted by Gasteiger charge is 2.35. The van der Waals surface area contributed by atoms with E-state index in [4.69, 9.17) is 28.3 Å². The Morgan fingerprint density at radius 2 is 2.12 bits per heavy atom. The van der Waals surface area contributed by atoms with Gasteiger partial charge in [-0.2, -0.15) is 0 Å². The van der Waals surface area contributed by atoms with E-state index in [-0.39, 0.29) is 5.92 Å². The monoisotopic (exact) mass is 259 g/mol. The van der Waals surface area contributed by atoms with Crippen LogP contribution in [0.25, 0.3) is 0 Å². The Bertz CT molecular complexity index is 422. The highest BCUT2D eigenvalue weighted by Crippen LogP contribution is 2.36. The molecule has 5 heteroatoms. The van der Waals surface area contributed by atoms with Crippen molar-refractivity contribution in [3.05, 3.63) is 33.8 Å². The molecule has 0 aromatic heterocycles. The van der Waals surface area contributed by atoms with Crippen molar-refractivity contribution in [1.29, 1.82) is 0 Å². The lowest BCUT2D eigenvalue weighted by Crippen LogP contribution is -2.21. The Balaban J connectivity index is 2.36. The summed E-state index contributed by atoms with van der Waals surface area (Å²) in [5, 5.41) is 13.1. The largest absolute Gasteiger partial charge is 0.481 e. The van der Waals surface area contributed by atoms with Gasteiger partial charge in [-0.25, -0.2) is 0 Å². The van der Waals surface area contributed by atoms with E-state index in [0.717, 1.165) is 5.56 Å². The zero-order chi connectivity index (χ0) is 11.7. The van der Waals surface area contributed by atoms with Gasteiger partial charge in [-0.3, -0.25) is 4.79 Å². The van der Waals surface area contributed by atoms with E-state index < -0.39 is 11.9 Å². The van der Waals surface area contributed by atoms with Gasteiger partial charge in [0, 0.05) is 19.0 Å². The maximum atomic E-state index is 11.1. The first-order valence-electron chi connectivity index (χ1n) is 4.98. The molecule has 0 spiro atoms. The summed E-state index contributed by atoms with van der Waals surface area (Å²) in [6.45, 7) is 1.10. The number of benzene rings is 1. The third-order valence-electron chi connectivity index (χ3n) is 2.91. The predicted octanol–water partition coefficient (Wildman–Crippen LogP) is 2.38. The van der Waals surface area contributed by atoms with E-state index in [1.165, 1.54) is 0 Å². The third-order valence-corrected chi connectivity index (χ3v) is 3.75. The molecular weight excluding hydrogens is 249 g/mol. The molecule has 1 aliphatic heterocycles. The Kier molecular flexibility index (Phi) is 3.38. The topological polar surface area (TPSA) is 49.3 Å². The SMILES string of the molecule is O=C(O)[C@@H]1CNC[C@H]1c1cccc(Cl)c1Cl. The predicted molar refractivity (Wildman–Crippen MR) is 63.2 cm³/mol. The van der Waals surface area contributed by atoms with Gasteiger partial charge in [-0.1, -0.05) is 35.3 Å². The Morgan fingerprint density at radius 1 is 1.38 bits per heavy atom. The van der Waals surface area contributed by atoms with E-state index in [9.17, 15) is 4.79 Å². The molecule has 16 heavy (non-hydrogen) atoms. The van der Waals surface area contributed by atoms with Gasteiger partial charge >= 0.3 is 5.97 Å². The molecule has 1 aliphatic rings. The van der Waals surface area contributed by atoms with Crippen LogP contribution in [0, 0.1) is 5.92 Å². The summed E-state index contributed by atoms with van der Waals surface area (Å²) in [7, 11) is 0. The number of carboxylic acid groups (broad SMARTS) is 1. The van der Waals surface area contributed by atoms with Crippen LogP contribution in [-0.4, -0.2) is 24.2 Å². The van der Waals surface area contributed by atoms with Gasteiger partial charge in [-0.15, -0.1) is 0 Å². The summed E-state index contributed by atoms with van der Waals surface area (Å²) in [5.74, 6) is -1.34. The average molecular weight is 260 g/mol. The normalized spacial score (nSPS) is 24.6. The summed E-state index contributed by atoms with van der Waals surface area (Å²) in [5.41, 5.74) is 0.812. The molecule has 0 bridgehead atoms. The average Bonchev–Trinajstić information content (AvgIpc) is 2.70. The molecule has 86 valence electrons. The fourth-order valence-electron chi connectivity index (χ4n) is 2.07. The Labute approximate surface area is 103 Å². The quantitative estimate of drug-likeness (QED) is 0.858. The summed E-state index contributed by atoms with van der Waals surface area (Å²) in [6.07, 6.45) is 0. The van der Waals surface area contributed by atoms with E-state index in [1.807, 2.05) is 6.07 Å².